The summed E-state index contributed by atoms with van der Waals surface area (Å²) in [4.78, 5) is 21.3. The van der Waals surface area contributed by atoms with Gasteiger partial charge in [0.2, 0.25) is 0 Å². The predicted molar refractivity (Wildman–Crippen MR) is 114 cm³/mol. The molecule has 1 heterocycles. The van der Waals surface area contributed by atoms with E-state index in [9.17, 15) is 4.79 Å². The van der Waals surface area contributed by atoms with Gasteiger partial charge < -0.3 is 14.5 Å². The van der Waals surface area contributed by atoms with Crippen LogP contribution in [0.1, 0.15) is 21.7 Å². The van der Waals surface area contributed by atoms with Crippen LogP contribution in [0.5, 0.6) is 11.5 Å². The van der Waals surface area contributed by atoms with Crippen molar-refractivity contribution >= 4 is 28.5 Å². The highest BCUT2D eigenvalue weighted by Gasteiger charge is 2.19. The molecule has 4 aromatic rings. The molecule has 144 valence electrons. The molecule has 1 N–H and O–H groups in total. The second kappa shape index (κ2) is 8.02. The summed E-state index contributed by atoms with van der Waals surface area (Å²) >= 11 is 0. The van der Waals surface area contributed by atoms with E-state index in [-0.39, 0.29) is 5.78 Å². The Balaban J connectivity index is 1.91. The van der Waals surface area contributed by atoms with E-state index in [1.165, 1.54) is 0 Å². The number of aromatic nitrogens is 2. The number of ketones is 1. The van der Waals surface area contributed by atoms with E-state index >= 15 is 0 Å². The van der Waals surface area contributed by atoms with Crippen LogP contribution in [0.2, 0.25) is 0 Å². The van der Waals surface area contributed by atoms with E-state index in [0.717, 1.165) is 16.6 Å². The zero-order chi connectivity index (χ0) is 20.2. The minimum absolute atomic E-state index is 0.130. The molecular weight excluding hydrogens is 364 g/mol. The smallest absolute Gasteiger partial charge is 0.196 e. The molecule has 3 aromatic carbocycles. The Kier molecular flexibility index (Phi) is 5.12. The van der Waals surface area contributed by atoms with E-state index in [1.807, 2.05) is 60.7 Å². The number of nitrogens with zero attached hydrogens (tertiary/aromatic N) is 1. The van der Waals surface area contributed by atoms with Crippen LogP contribution < -0.4 is 9.47 Å². The topological polar surface area (TPSA) is 64.2 Å². The third-order valence-electron chi connectivity index (χ3n) is 4.66. The number of allylic oxidation sites excluding steroid dienone is 1. The number of carbonyl (C=O) groups excluding carboxylic acids is 1. The van der Waals surface area contributed by atoms with Gasteiger partial charge in [0.1, 0.15) is 5.82 Å². The van der Waals surface area contributed by atoms with Gasteiger partial charge in [-0.3, -0.25) is 4.79 Å². The first-order valence-electron chi connectivity index (χ1n) is 9.19. The number of aromatic amines is 1. The first-order valence-corrected chi connectivity index (χ1v) is 9.19. The average molecular weight is 384 g/mol. The molecule has 0 fully saturated rings. The average Bonchev–Trinajstić information content (AvgIpc) is 3.21. The lowest BCUT2D eigenvalue weighted by Crippen LogP contribution is -2.04. The van der Waals surface area contributed by atoms with Crippen LogP contribution in [0, 0.1) is 0 Å². The molecule has 0 atom stereocenters. The number of rotatable bonds is 6. The number of Topliss-reactive ketones (excluding diaryl/α,β-unsaturated/α-hetero) is 1. The highest BCUT2D eigenvalue weighted by atomic mass is 16.5. The lowest BCUT2D eigenvalue weighted by atomic mass is 10.00. The van der Waals surface area contributed by atoms with E-state index in [0.29, 0.717) is 28.5 Å². The predicted octanol–water partition coefficient (Wildman–Crippen LogP) is 5.00. The Morgan fingerprint density at radius 2 is 1.66 bits per heavy atom. The number of para-hydroxylation sites is 3. The van der Waals surface area contributed by atoms with Crippen LogP contribution in [-0.2, 0) is 0 Å². The Morgan fingerprint density at radius 3 is 2.38 bits per heavy atom. The molecule has 0 aliphatic carbocycles. The Morgan fingerprint density at radius 1 is 0.897 bits per heavy atom. The first-order chi connectivity index (χ1) is 14.2. The second-order valence-electron chi connectivity index (χ2n) is 6.44. The van der Waals surface area contributed by atoms with Gasteiger partial charge in [-0.25, -0.2) is 4.98 Å². The van der Waals surface area contributed by atoms with Crippen molar-refractivity contribution in [3.8, 4) is 11.5 Å². The van der Waals surface area contributed by atoms with Crippen LogP contribution in [0.4, 0.5) is 0 Å². The monoisotopic (exact) mass is 384 g/mol. The second-order valence-corrected chi connectivity index (χ2v) is 6.44. The minimum Gasteiger partial charge on any atom is -0.493 e. The number of imidazole rings is 1. The van der Waals surface area contributed by atoms with E-state index < -0.39 is 0 Å². The fourth-order valence-electron chi connectivity index (χ4n) is 3.25. The zero-order valence-corrected chi connectivity index (χ0v) is 16.2. The number of hydrogen-bond donors (Lipinski definition) is 1. The van der Waals surface area contributed by atoms with Gasteiger partial charge in [-0.1, -0.05) is 54.6 Å². The fraction of sp³-hybridized carbons (Fsp3) is 0.0833. The largest absolute Gasteiger partial charge is 0.493 e. The Bertz CT molecular complexity index is 1160. The number of fused-ring (bicyclic) bond motifs is 1. The molecule has 0 amide bonds. The van der Waals surface area contributed by atoms with E-state index in [1.54, 1.807) is 32.4 Å². The maximum Gasteiger partial charge on any atom is 0.196 e. The van der Waals surface area contributed by atoms with Gasteiger partial charge in [0.05, 0.1) is 30.8 Å². The van der Waals surface area contributed by atoms with Crippen molar-refractivity contribution in [1.82, 2.24) is 9.97 Å². The quantitative estimate of drug-likeness (QED) is 0.375. The van der Waals surface area contributed by atoms with Gasteiger partial charge >= 0.3 is 0 Å². The summed E-state index contributed by atoms with van der Waals surface area (Å²) in [5, 5.41) is 0. The number of carbonyl (C=O) groups is 1. The molecule has 0 saturated heterocycles. The van der Waals surface area contributed by atoms with E-state index in [2.05, 4.69) is 9.97 Å². The lowest BCUT2D eigenvalue weighted by molar-refractivity contribution is 0.105. The minimum atomic E-state index is -0.130. The fourth-order valence-corrected chi connectivity index (χ4v) is 3.25. The molecule has 0 unspecified atom stereocenters. The molecular formula is C24H20N2O3. The summed E-state index contributed by atoms with van der Waals surface area (Å²) in [7, 11) is 3.16. The summed E-state index contributed by atoms with van der Waals surface area (Å²) in [6, 6.07) is 22.4. The van der Waals surface area contributed by atoms with Crippen LogP contribution >= 0.6 is 0 Å². The maximum atomic E-state index is 13.4. The van der Waals surface area contributed by atoms with Crippen molar-refractivity contribution in [2.24, 2.45) is 0 Å². The molecule has 0 radical (unpaired) electrons. The third kappa shape index (κ3) is 3.62. The molecule has 0 saturated carbocycles. The number of methoxy groups -OCH3 is 2. The number of ether oxygens (including phenoxy) is 2. The third-order valence-corrected chi connectivity index (χ3v) is 4.66. The standard InChI is InChI=1S/C24H20N2O3/c1-28-21-14-8-11-17(23(21)29-2)15-18(22(27)16-9-4-3-5-10-16)24-25-19-12-6-7-13-20(19)26-24/h3-15H,1-2H3,(H,25,26). The molecule has 0 bridgehead atoms. The van der Waals surface area contributed by atoms with Crippen molar-refractivity contribution in [2.75, 3.05) is 14.2 Å². The molecule has 29 heavy (non-hydrogen) atoms. The highest BCUT2D eigenvalue weighted by molar-refractivity contribution is 6.32. The Hall–Kier alpha value is -3.86. The maximum absolute atomic E-state index is 13.4. The van der Waals surface area contributed by atoms with Crippen molar-refractivity contribution < 1.29 is 14.3 Å². The molecule has 0 aliphatic rings. The normalized spacial score (nSPS) is 11.4. The molecule has 5 nitrogen and oxygen atoms in total. The van der Waals surface area contributed by atoms with Gasteiger partial charge in [-0.05, 0) is 24.3 Å². The van der Waals surface area contributed by atoms with Crippen LogP contribution in [0.3, 0.4) is 0 Å². The first kappa shape index (κ1) is 18.5. The zero-order valence-electron chi connectivity index (χ0n) is 16.2. The summed E-state index contributed by atoms with van der Waals surface area (Å²) in [5.41, 5.74) is 3.42. The van der Waals surface area contributed by atoms with Crippen molar-refractivity contribution in [3.05, 3.63) is 89.7 Å². The molecule has 5 heteroatoms. The van der Waals surface area contributed by atoms with Crippen molar-refractivity contribution in [2.45, 2.75) is 0 Å². The number of H-pyrrole nitrogens is 1. The highest BCUT2D eigenvalue weighted by Crippen LogP contribution is 2.34. The van der Waals surface area contributed by atoms with Crippen molar-refractivity contribution in [1.29, 1.82) is 0 Å². The summed E-state index contributed by atoms with van der Waals surface area (Å²) in [5.74, 6) is 1.53. The van der Waals surface area contributed by atoms with E-state index in [4.69, 9.17) is 9.47 Å². The van der Waals surface area contributed by atoms with Gasteiger partial charge in [-0.15, -0.1) is 0 Å². The van der Waals surface area contributed by atoms with Gasteiger partial charge in [0, 0.05) is 11.1 Å². The van der Waals surface area contributed by atoms with Crippen LogP contribution in [0.15, 0.2) is 72.8 Å². The van der Waals surface area contributed by atoms with Crippen molar-refractivity contribution in [3.63, 3.8) is 0 Å². The van der Waals surface area contributed by atoms with Gasteiger partial charge in [-0.2, -0.15) is 0 Å². The lowest BCUT2D eigenvalue weighted by Gasteiger charge is -2.11. The molecule has 0 aliphatic heterocycles. The number of nitrogens with one attached hydrogen (secondary N) is 1. The molecule has 1 aromatic heterocycles. The molecule has 4 rings (SSSR count). The summed E-state index contributed by atoms with van der Waals surface area (Å²) in [6.45, 7) is 0. The SMILES string of the molecule is COc1cccc(C=C(C(=O)c2ccccc2)c2nc3ccccc3[nH]2)c1OC. The molecule has 0 spiro atoms. The summed E-state index contributed by atoms with van der Waals surface area (Å²) < 4.78 is 10.9. The number of hydrogen-bond acceptors (Lipinski definition) is 4. The number of benzene rings is 3. The van der Waals surface area contributed by atoms with Crippen LogP contribution in [0.25, 0.3) is 22.7 Å². The Labute approximate surface area is 168 Å². The summed E-state index contributed by atoms with van der Waals surface area (Å²) in [6.07, 6.45) is 1.79. The van der Waals surface area contributed by atoms with Gasteiger partial charge in [0.15, 0.2) is 17.3 Å². The van der Waals surface area contributed by atoms with Crippen LogP contribution in [-0.4, -0.2) is 30.0 Å². The van der Waals surface area contributed by atoms with Gasteiger partial charge in [0.25, 0.3) is 0 Å².